The topological polar surface area (TPSA) is 64.5 Å². The van der Waals surface area contributed by atoms with Gasteiger partial charge in [-0.3, -0.25) is 0 Å². The van der Waals surface area contributed by atoms with Gasteiger partial charge >= 0.3 is 0 Å². The molecule has 4 rings (SSSR count). The molecule has 0 aliphatic carbocycles. The largest absolute Gasteiger partial charge is 0.493 e. The third kappa shape index (κ3) is 5.75. The molecule has 2 aromatic heterocycles. The van der Waals surface area contributed by atoms with E-state index in [1.165, 1.54) is 10.4 Å². The van der Waals surface area contributed by atoms with Gasteiger partial charge in [0, 0.05) is 26.9 Å². The normalized spacial score (nSPS) is 11.6. The fourth-order valence-corrected chi connectivity index (χ4v) is 6.50. The molecule has 188 valence electrons. The molecule has 0 fully saturated rings. The molecule has 2 aromatic carbocycles. The van der Waals surface area contributed by atoms with E-state index in [4.69, 9.17) is 9.47 Å². The zero-order valence-corrected chi connectivity index (χ0v) is 23.4. The van der Waals surface area contributed by atoms with E-state index in [0.29, 0.717) is 11.5 Å². The maximum absolute atomic E-state index is 10.5. The standard InChI is InChI=1S/C29H32N2O3S2/c1-17-12-21(8-10-23(17)29(4,5)32)27-22(16-35-28-30-18(2)13-19(3)31-28)15-26(36-27)20-9-11-24(33-6)25(14-20)34-7/h8-15,32H,16H2,1-7H3. The molecular formula is C29H32N2O3S2. The zero-order valence-electron chi connectivity index (χ0n) is 21.8. The molecule has 7 heteroatoms. The van der Waals surface area contributed by atoms with Gasteiger partial charge in [-0.25, -0.2) is 9.97 Å². The Morgan fingerprint density at radius 2 is 1.53 bits per heavy atom. The van der Waals surface area contributed by atoms with Gasteiger partial charge in [0.05, 0.1) is 19.8 Å². The molecule has 0 amide bonds. The van der Waals surface area contributed by atoms with Gasteiger partial charge in [0.25, 0.3) is 0 Å². The second kappa shape index (κ2) is 10.6. The van der Waals surface area contributed by atoms with Gasteiger partial charge in [-0.15, -0.1) is 11.3 Å². The third-order valence-corrected chi connectivity index (χ3v) is 8.11. The Hall–Kier alpha value is -2.87. The number of aromatic nitrogens is 2. The molecule has 2 heterocycles. The summed E-state index contributed by atoms with van der Waals surface area (Å²) in [5, 5.41) is 11.3. The predicted octanol–water partition coefficient (Wildman–Crippen LogP) is 7.33. The first-order chi connectivity index (χ1) is 17.1. The smallest absolute Gasteiger partial charge is 0.188 e. The lowest BCUT2D eigenvalue weighted by molar-refractivity contribution is 0.0779. The predicted molar refractivity (Wildman–Crippen MR) is 149 cm³/mol. The van der Waals surface area contributed by atoms with E-state index in [-0.39, 0.29) is 0 Å². The number of thioether (sulfide) groups is 1. The van der Waals surface area contributed by atoms with E-state index < -0.39 is 5.60 Å². The van der Waals surface area contributed by atoms with Crippen LogP contribution in [0.2, 0.25) is 0 Å². The van der Waals surface area contributed by atoms with Crippen LogP contribution < -0.4 is 9.47 Å². The number of aliphatic hydroxyl groups is 1. The molecule has 0 aliphatic rings. The Balaban J connectivity index is 1.77. The molecule has 0 spiro atoms. The summed E-state index contributed by atoms with van der Waals surface area (Å²) >= 11 is 3.39. The number of hydrogen-bond acceptors (Lipinski definition) is 7. The number of rotatable bonds is 8. The fourth-order valence-electron chi connectivity index (χ4n) is 4.30. The number of ether oxygens (including phenoxy) is 2. The highest BCUT2D eigenvalue weighted by Gasteiger charge is 2.20. The van der Waals surface area contributed by atoms with Gasteiger partial charge in [-0.1, -0.05) is 30.0 Å². The van der Waals surface area contributed by atoms with Crippen molar-refractivity contribution in [1.29, 1.82) is 0 Å². The number of methoxy groups -OCH3 is 2. The van der Waals surface area contributed by atoms with E-state index in [9.17, 15) is 5.11 Å². The van der Waals surface area contributed by atoms with Gasteiger partial charge < -0.3 is 14.6 Å². The van der Waals surface area contributed by atoms with Gasteiger partial charge in [-0.2, -0.15) is 0 Å². The van der Waals surface area contributed by atoms with E-state index in [1.54, 1.807) is 37.3 Å². The maximum Gasteiger partial charge on any atom is 0.188 e. The summed E-state index contributed by atoms with van der Waals surface area (Å²) in [6, 6.07) is 16.5. The first kappa shape index (κ1) is 26.2. The summed E-state index contributed by atoms with van der Waals surface area (Å²) in [6.45, 7) is 9.69. The Morgan fingerprint density at radius 1 is 0.861 bits per heavy atom. The second-order valence-corrected chi connectivity index (χ2v) is 11.3. The maximum atomic E-state index is 10.5. The van der Waals surface area contributed by atoms with Crippen LogP contribution in [0.4, 0.5) is 0 Å². The van der Waals surface area contributed by atoms with Crippen LogP contribution in [0.1, 0.15) is 41.9 Å². The van der Waals surface area contributed by atoms with Crippen LogP contribution in [0.25, 0.3) is 20.9 Å². The van der Waals surface area contributed by atoms with Crippen molar-refractivity contribution >= 4 is 23.1 Å². The Labute approximate surface area is 221 Å². The van der Waals surface area contributed by atoms with Crippen LogP contribution in [0.15, 0.2) is 53.7 Å². The highest BCUT2D eigenvalue weighted by atomic mass is 32.2. The lowest BCUT2D eigenvalue weighted by Gasteiger charge is -2.21. The van der Waals surface area contributed by atoms with Crippen LogP contribution in [0, 0.1) is 20.8 Å². The minimum atomic E-state index is -0.887. The minimum Gasteiger partial charge on any atom is -0.493 e. The van der Waals surface area contributed by atoms with Crippen LogP contribution in [-0.2, 0) is 11.4 Å². The molecule has 0 aliphatic heterocycles. The van der Waals surface area contributed by atoms with Crippen molar-refractivity contribution < 1.29 is 14.6 Å². The average Bonchev–Trinajstić information content (AvgIpc) is 3.25. The summed E-state index contributed by atoms with van der Waals surface area (Å²) in [4.78, 5) is 11.6. The van der Waals surface area contributed by atoms with Crippen LogP contribution >= 0.6 is 23.1 Å². The molecule has 0 saturated heterocycles. The van der Waals surface area contributed by atoms with Crippen molar-refractivity contribution in [2.24, 2.45) is 0 Å². The molecule has 36 heavy (non-hydrogen) atoms. The summed E-state index contributed by atoms with van der Waals surface area (Å²) in [5.41, 5.74) is 6.48. The van der Waals surface area contributed by atoms with Crippen molar-refractivity contribution in [3.63, 3.8) is 0 Å². The molecule has 4 aromatic rings. The van der Waals surface area contributed by atoms with E-state index >= 15 is 0 Å². The second-order valence-electron chi connectivity index (χ2n) is 9.35. The lowest BCUT2D eigenvalue weighted by Crippen LogP contribution is -2.16. The number of thiophene rings is 1. The van der Waals surface area contributed by atoms with Gasteiger partial charge in [-0.05, 0) is 92.8 Å². The van der Waals surface area contributed by atoms with Crippen molar-refractivity contribution in [2.75, 3.05) is 14.2 Å². The Morgan fingerprint density at radius 3 is 2.14 bits per heavy atom. The van der Waals surface area contributed by atoms with Gasteiger partial charge in [0.2, 0.25) is 0 Å². The molecule has 0 unspecified atom stereocenters. The van der Waals surface area contributed by atoms with Crippen molar-refractivity contribution in [1.82, 2.24) is 9.97 Å². The number of benzene rings is 2. The summed E-state index contributed by atoms with van der Waals surface area (Å²) in [5.74, 6) is 2.15. The fraction of sp³-hybridized carbons (Fsp3) is 0.310. The highest BCUT2D eigenvalue weighted by molar-refractivity contribution is 7.98. The third-order valence-electron chi connectivity index (χ3n) is 5.94. The van der Waals surface area contributed by atoms with E-state index in [0.717, 1.165) is 49.4 Å². The monoisotopic (exact) mass is 520 g/mol. The average molecular weight is 521 g/mol. The molecule has 0 radical (unpaired) electrons. The first-order valence-electron chi connectivity index (χ1n) is 11.7. The van der Waals surface area contributed by atoms with Crippen LogP contribution in [0.5, 0.6) is 11.5 Å². The molecule has 0 bridgehead atoms. The summed E-state index contributed by atoms with van der Waals surface area (Å²) in [6.07, 6.45) is 0. The SMILES string of the molecule is COc1ccc(-c2cc(CSc3nc(C)cc(C)n3)c(-c3ccc(C(C)(C)O)c(C)c3)s2)cc1OC. The van der Waals surface area contributed by atoms with Crippen LogP contribution in [0.3, 0.4) is 0 Å². The molecule has 0 atom stereocenters. The zero-order chi connectivity index (χ0) is 26.0. The number of aryl methyl sites for hydroxylation is 3. The van der Waals surface area contributed by atoms with Gasteiger partial charge in [0.15, 0.2) is 16.7 Å². The van der Waals surface area contributed by atoms with Crippen molar-refractivity contribution in [3.05, 3.63) is 76.6 Å². The summed E-state index contributed by atoms with van der Waals surface area (Å²) < 4.78 is 11.0. The molecular weight excluding hydrogens is 488 g/mol. The number of nitrogens with zero attached hydrogens (tertiary/aromatic N) is 2. The van der Waals surface area contributed by atoms with E-state index in [2.05, 4.69) is 41.2 Å². The Bertz CT molecular complexity index is 1370. The summed E-state index contributed by atoms with van der Waals surface area (Å²) in [7, 11) is 3.30. The quantitative estimate of drug-likeness (QED) is 0.194. The lowest BCUT2D eigenvalue weighted by atomic mass is 9.92. The highest BCUT2D eigenvalue weighted by Crippen LogP contribution is 2.43. The van der Waals surface area contributed by atoms with E-state index in [1.807, 2.05) is 52.0 Å². The van der Waals surface area contributed by atoms with Crippen molar-refractivity contribution in [2.45, 2.75) is 51.1 Å². The molecule has 0 saturated carbocycles. The van der Waals surface area contributed by atoms with Crippen molar-refractivity contribution in [3.8, 4) is 32.4 Å². The first-order valence-corrected chi connectivity index (χ1v) is 13.5. The number of hydrogen-bond donors (Lipinski definition) is 1. The Kier molecular flexibility index (Phi) is 7.73. The van der Waals surface area contributed by atoms with Gasteiger partial charge in [0.1, 0.15) is 0 Å². The molecule has 5 nitrogen and oxygen atoms in total. The van der Waals surface area contributed by atoms with Crippen LogP contribution in [-0.4, -0.2) is 29.3 Å². The minimum absolute atomic E-state index is 0.704. The molecule has 1 N–H and O–H groups in total.